The van der Waals surface area contributed by atoms with Crippen molar-refractivity contribution in [2.45, 2.75) is 19.8 Å². The highest BCUT2D eigenvalue weighted by atomic mass is 35.5. The molecule has 16 heavy (non-hydrogen) atoms. The molecule has 0 spiro atoms. The van der Waals surface area contributed by atoms with Crippen molar-refractivity contribution in [3.63, 3.8) is 0 Å². The summed E-state index contributed by atoms with van der Waals surface area (Å²) in [5, 5.41) is 12.1. The number of nitrogens with two attached hydrogens (primary N) is 1. The Morgan fingerprint density at radius 2 is 2.25 bits per heavy atom. The minimum absolute atomic E-state index is 0.606. The zero-order chi connectivity index (χ0) is 11.5. The van der Waals surface area contributed by atoms with Crippen LogP contribution in [0.2, 0.25) is 5.02 Å². The lowest BCUT2D eigenvalue weighted by molar-refractivity contribution is 0.746. The predicted octanol–water partition coefficient (Wildman–Crippen LogP) is 1.85. The van der Waals surface area contributed by atoms with Gasteiger partial charge in [-0.05, 0) is 35.0 Å². The Balaban J connectivity index is 2.49. The summed E-state index contributed by atoms with van der Waals surface area (Å²) in [5.41, 5.74) is 7.20. The van der Waals surface area contributed by atoms with Gasteiger partial charge in [0.1, 0.15) is 0 Å². The topological polar surface area (TPSA) is 69.6 Å². The maximum absolute atomic E-state index is 5.93. The highest BCUT2D eigenvalue weighted by Gasteiger charge is 2.10. The summed E-state index contributed by atoms with van der Waals surface area (Å²) in [7, 11) is 0. The van der Waals surface area contributed by atoms with Gasteiger partial charge in [-0.15, -0.1) is 5.10 Å². The van der Waals surface area contributed by atoms with Crippen molar-refractivity contribution in [2.24, 2.45) is 0 Å². The van der Waals surface area contributed by atoms with Crippen LogP contribution in [0.5, 0.6) is 0 Å². The number of rotatable bonds is 3. The summed E-state index contributed by atoms with van der Waals surface area (Å²) in [5.74, 6) is 0.788. The molecule has 1 aromatic heterocycles. The fourth-order valence-corrected chi connectivity index (χ4v) is 1.64. The molecule has 5 nitrogen and oxygen atoms in total. The van der Waals surface area contributed by atoms with Gasteiger partial charge in [-0.2, -0.15) is 4.68 Å². The number of nitrogens with zero attached hydrogens (tertiary/aromatic N) is 4. The van der Waals surface area contributed by atoms with Crippen molar-refractivity contribution in [3.05, 3.63) is 29.0 Å². The molecule has 0 bridgehead atoms. The van der Waals surface area contributed by atoms with Crippen LogP contribution in [0.15, 0.2) is 18.2 Å². The first-order valence-corrected chi connectivity index (χ1v) is 5.43. The van der Waals surface area contributed by atoms with Crippen molar-refractivity contribution in [1.82, 2.24) is 20.2 Å². The molecule has 2 rings (SSSR count). The number of halogens is 1. The van der Waals surface area contributed by atoms with E-state index in [1.807, 2.05) is 0 Å². The Hall–Kier alpha value is -1.62. The molecule has 1 heterocycles. The molecule has 2 N–H and O–H groups in total. The molecular weight excluding hydrogens is 226 g/mol. The first kappa shape index (κ1) is 10.9. The summed E-state index contributed by atoms with van der Waals surface area (Å²) < 4.78 is 1.63. The molecule has 0 atom stereocenters. The Labute approximate surface area is 98.2 Å². The van der Waals surface area contributed by atoms with E-state index in [0.717, 1.165) is 24.4 Å². The summed E-state index contributed by atoms with van der Waals surface area (Å²) in [6.07, 6.45) is 1.78. The van der Waals surface area contributed by atoms with Gasteiger partial charge in [0, 0.05) is 11.4 Å². The number of anilines is 1. The average molecular weight is 238 g/mol. The van der Waals surface area contributed by atoms with E-state index < -0.39 is 0 Å². The molecule has 0 fully saturated rings. The molecular formula is C10H12ClN5. The highest BCUT2D eigenvalue weighted by Crippen LogP contribution is 2.21. The molecule has 0 unspecified atom stereocenters. The normalized spacial score (nSPS) is 10.6. The van der Waals surface area contributed by atoms with Crippen LogP contribution in [-0.4, -0.2) is 20.2 Å². The van der Waals surface area contributed by atoms with Gasteiger partial charge >= 0.3 is 0 Å². The lowest BCUT2D eigenvalue weighted by Crippen LogP contribution is -2.06. The van der Waals surface area contributed by atoms with Crippen LogP contribution in [-0.2, 0) is 6.42 Å². The minimum Gasteiger partial charge on any atom is -0.397 e. The van der Waals surface area contributed by atoms with Crippen LogP contribution in [0.1, 0.15) is 19.2 Å². The smallest absolute Gasteiger partial charge is 0.156 e. The van der Waals surface area contributed by atoms with Gasteiger partial charge in [0.25, 0.3) is 0 Å². The fraction of sp³-hybridized carbons (Fsp3) is 0.300. The highest BCUT2D eigenvalue weighted by molar-refractivity contribution is 6.30. The molecule has 0 aliphatic heterocycles. The van der Waals surface area contributed by atoms with Crippen LogP contribution in [0.4, 0.5) is 5.69 Å². The van der Waals surface area contributed by atoms with Crippen LogP contribution in [0, 0.1) is 0 Å². The Morgan fingerprint density at radius 1 is 1.44 bits per heavy atom. The number of tetrazole rings is 1. The zero-order valence-corrected chi connectivity index (χ0v) is 9.65. The monoisotopic (exact) mass is 237 g/mol. The SMILES string of the molecule is CCCc1nnnn1-c1cc(Cl)ccc1N. The summed E-state index contributed by atoms with van der Waals surface area (Å²) in [6, 6.07) is 5.24. The molecule has 0 aliphatic carbocycles. The van der Waals surface area contributed by atoms with Gasteiger partial charge in [-0.1, -0.05) is 18.5 Å². The van der Waals surface area contributed by atoms with E-state index >= 15 is 0 Å². The van der Waals surface area contributed by atoms with Crippen molar-refractivity contribution in [1.29, 1.82) is 0 Å². The molecule has 1 aromatic carbocycles. The van der Waals surface area contributed by atoms with Crippen LogP contribution >= 0.6 is 11.6 Å². The molecule has 84 valence electrons. The maximum Gasteiger partial charge on any atom is 0.156 e. The third-order valence-corrected chi connectivity index (χ3v) is 2.46. The van der Waals surface area contributed by atoms with E-state index in [1.165, 1.54) is 0 Å². The van der Waals surface area contributed by atoms with Crippen molar-refractivity contribution in [2.75, 3.05) is 5.73 Å². The van der Waals surface area contributed by atoms with Crippen LogP contribution < -0.4 is 5.73 Å². The lowest BCUT2D eigenvalue weighted by atomic mass is 10.2. The van der Waals surface area contributed by atoms with Crippen LogP contribution in [0.3, 0.4) is 0 Å². The molecule has 6 heteroatoms. The summed E-state index contributed by atoms with van der Waals surface area (Å²) >= 11 is 5.93. The van der Waals surface area contributed by atoms with Crippen LogP contribution in [0.25, 0.3) is 5.69 Å². The molecule has 0 saturated heterocycles. The standard InChI is InChI=1S/C10H12ClN5/c1-2-3-10-13-14-15-16(10)9-6-7(11)4-5-8(9)12/h4-6H,2-3,12H2,1H3. The van der Waals surface area contributed by atoms with Gasteiger partial charge in [0.2, 0.25) is 0 Å². The van der Waals surface area contributed by atoms with E-state index in [9.17, 15) is 0 Å². The molecule has 0 saturated carbocycles. The number of aryl methyl sites for hydroxylation is 1. The van der Waals surface area contributed by atoms with Gasteiger partial charge in [0.15, 0.2) is 5.82 Å². The molecule has 0 aliphatic rings. The summed E-state index contributed by atoms with van der Waals surface area (Å²) in [4.78, 5) is 0. The predicted molar refractivity (Wildman–Crippen MR) is 62.6 cm³/mol. The fourth-order valence-electron chi connectivity index (χ4n) is 1.47. The average Bonchev–Trinajstić information content (AvgIpc) is 2.70. The molecule has 0 amide bonds. The van der Waals surface area contributed by atoms with E-state index in [-0.39, 0.29) is 0 Å². The van der Waals surface area contributed by atoms with Gasteiger partial charge in [0.05, 0.1) is 11.4 Å². The Bertz CT molecular complexity index is 494. The second kappa shape index (κ2) is 4.49. The Morgan fingerprint density at radius 3 is 3.00 bits per heavy atom. The number of aromatic nitrogens is 4. The third kappa shape index (κ3) is 1.99. The number of hydrogen-bond acceptors (Lipinski definition) is 4. The maximum atomic E-state index is 5.93. The van der Waals surface area contributed by atoms with Gasteiger partial charge in [-0.3, -0.25) is 0 Å². The molecule has 0 radical (unpaired) electrons. The van der Waals surface area contributed by atoms with Gasteiger partial charge < -0.3 is 5.73 Å². The van der Waals surface area contributed by atoms with Crippen molar-refractivity contribution >= 4 is 17.3 Å². The zero-order valence-electron chi connectivity index (χ0n) is 8.89. The van der Waals surface area contributed by atoms with Gasteiger partial charge in [-0.25, -0.2) is 0 Å². The van der Waals surface area contributed by atoms with Crippen molar-refractivity contribution in [3.8, 4) is 5.69 Å². The van der Waals surface area contributed by atoms with E-state index in [0.29, 0.717) is 10.7 Å². The first-order chi connectivity index (χ1) is 7.72. The van der Waals surface area contributed by atoms with E-state index in [2.05, 4.69) is 22.4 Å². The number of hydrogen-bond donors (Lipinski definition) is 1. The quantitative estimate of drug-likeness (QED) is 0.828. The second-order valence-corrected chi connectivity index (χ2v) is 3.90. The van der Waals surface area contributed by atoms with Crippen molar-refractivity contribution < 1.29 is 0 Å². The van der Waals surface area contributed by atoms with E-state index in [4.69, 9.17) is 17.3 Å². The third-order valence-electron chi connectivity index (χ3n) is 2.23. The molecule has 2 aromatic rings. The number of nitrogen functional groups attached to an aromatic ring is 1. The number of benzene rings is 1. The lowest BCUT2D eigenvalue weighted by Gasteiger charge is -2.07. The minimum atomic E-state index is 0.606. The first-order valence-electron chi connectivity index (χ1n) is 5.05. The van der Waals surface area contributed by atoms with E-state index in [1.54, 1.807) is 22.9 Å². The Kier molecular flexibility index (Phi) is 3.05. The largest absolute Gasteiger partial charge is 0.397 e. The summed E-state index contributed by atoms with van der Waals surface area (Å²) in [6.45, 7) is 2.07. The second-order valence-electron chi connectivity index (χ2n) is 3.46.